The van der Waals surface area contributed by atoms with Gasteiger partial charge in [0.15, 0.2) is 0 Å². The fourth-order valence-electron chi connectivity index (χ4n) is 1.89. The minimum absolute atomic E-state index is 0.0524. The maximum Gasteiger partial charge on any atom is 0.405 e. The van der Waals surface area contributed by atoms with Crippen LogP contribution in [0.5, 0.6) is 0 Å². The zero-order valence-electron chi connectivity index (χ0n) is 12.8. The van der Waals surface area contributed by atoms with Gasteiger partial charge < -0.3 is 5.32 Å². The number of nitrogens with one attached hydrogen (secondary N) is 2. The van der Waals surface area contributed by atoms with Gasteiger partial charge in [0, 0.05) is 10.0 Å². The van der Waals surface area contributed by atoms with E-state index in [-0.39, 0.29) is 21.2 Å². The van der Waals surface area contributed by atoms with E-state index in [0.29, 0.717) is 5.02 Å². The molecule has 0 bridgehead atoms. The average molecular weight is 427 g/mol. The zero-order chi connectivity index (χ0) is 19.5. The summed E-state index contributed by atoms with van der Waals surface area (Å²) in [6, 6.07) is 8.73. The molecule has 0 spiro atoms. The van der Waals surface area contributed by atoms with Gasteiger partial charge in [-0.05, 0) is 42.5 Å². The second kappa shape index (κ2) is 7.73. The molecule has 140 valence electrons. The smallest absolute Gasteiger partial charge is 0.343 e. The lowest BCUT2D eigenvalue weighted by Gasteiger charge is -2.14. The van der Waals surface area contributed by atoms with Gasteiger partial charge in [0.05, 0.1) is 16.1 Å². The maximum atomic E-state index is 12.4. The van der Waals surface area contributed by atoms with Crippen LogP contribution < -0.4 is 10.0 Å². The first kappa shape index (κ1) is 20.3. The van der Waals surface area contributed by atoms with Crippen LogP contribution in [0.15, 0.2) is 47.4 Å². The number of hydrogen-bond acceptors (Lipinski definition) is 3. The van der Waals surface area contributed by atoms with Crippen molar-refractivity contribution in [2.45, 2.75) is 11.1 Å². The average Bonchev–Trinajstić information content (AvgIpc) is 2.54. The fraction of sp³-hybridized carbons (Fsp3) is 0.133. The summed E-state index contributed by atoms with van der Waals surface area (Å²) >= 11 is 11.5. The zero-order valence-corrected chi connectivity index (χ0v) is 15.1. The van der Waals surface area contributed by atoms with Crippen LogP contribution in [0.4, 0.5) is 18.9 Å². The van der Waals surface area contributed by atoms with E-state index < -0.39 is 28.7 Å². The van der Waals surface area contributed by atoms with Gasteiger partial charge >= 0.3 is 6.18 Å². The molecule has 5 nitrogen and oxygen atoms in total. The predicted octanol–water partition coefficient (Wildman–Crippen LogP) is 4.09. The third-order valence-electron chi connectivity index (χ3n) is 3.04. The van der Waals surface area contributed by atoms with Gasteiger partial charge in [0.2, 0.25) is 0 Å². The molecule has 0 saturated heterocycles. The van der Waals surface area contributed by atoms with Gasteiger partial charge in [0.1, 0.15) is 6.54 Å². The second-order valence-corrected chi connectivity index (χ2v) is 7.60. The molecule has 0 aliphatic rings. The molecule has 0 unspecified atom stereocenters. The van der Waals surface area contributed by atoms with Crippen molar-refractivity contribution >= 4 is 44.8 Å². The molecule has 2 rings (SSSR count). The van der Waals surface area contributed by atoms with Gasteiger partial charge in [-0.2, -0.15) is 13.2 Å². The van der Waals surface area contributed by atoms with Crippen molar-refractivity contribution < 1.29 is 26.4 Å². The number of carbonyl (C=O) groups is 1. The standard InChI is InChI=1S/C15H11Cl2F3N2O3S/c16-9-1-4-11(5-2-9)26(24,25)22-13-6-3-10(17)7-12(13)14(23)21-8-15(18,19)20/h1-7,22H,8H2,(H,21,23). The van der Waals surface area contributed by atoms with Crippen LogP contribution in [0.25, 0.3) is 0 Å². The van der Waals surface area contributed by atoms with E-state index in [1.54, 1.807) is 5.32 Å². The van der Waals surface area contributed by atoms with E-state index in [4.69, 9.17) is 23.2 Å². The molecule has 0 aliphatic heterocycles. The van der Waals surface area contributed by atoms with E-state index in [2.05, 4.69) is 4.72 Å². The first-order valence-corrected chi connectivity index (χ1v) is 9.15. The minimum atomic E-state index is -4.61. The Kier molecular flexibility index (Phi) is 6.05. The number of sulfonamides is 1. The third kappa shape index (κ3) is 5.52. The highest BCUT2D eigenvalue weighted by atomic mass is 35.5. The highest BCUT2D eigenvalue weighted by Crippen LogP contribution is 2.25. The van der Waals surface area contributed by atoms with E-state index in [1.807, 2.05) is 0 Å². The number of halogens is 5. The van der Waals surface area contributed by atoms with E-state index in [1.165, 1.54) is 36.4 Å². The largest absolute Gasteiger partial charge is 0.405 e. The van der Waals surface area contributed by atoms with Crippen LogP contribution in [0.2, 0.25) is 10.0 Å². The Bertz CT molecular complexity index is 917. The first-order chi connectivity index (χ1) is 12.0. The minimum Gasteiger partial charge on any atom is -0.343 e. The lowest BCUT2D eigenvalue weighted by Crippen LogP contribution is -2.34. The Morgan fingerprint density at radius 2 is 1.58 bits per heavy atom. The molecular formula is C15H11Cl2F3N2O3S. The van der Waals surface area contributed by atoms with Gasteiger partial charge in [-0.15, -0.1) is 0 Å². The molecule has 0 atom stereocenters. The summed E-state index contributed by atoms with van der Waals surface area (Å²) in [5.74, 6) is -1.13. The van der Waals surface area contributed by atoms with Crippen LogP contribution in [0, 0.1) is 0 Å². The Balaban J connectivity index is 2.32. The highest BCUT2D eigenvalue weighted by Gasteiger charge is 2.28. The molecule has 0 aliphatic carbocycles. The normalized spacial score (nSPS) is 11.9. The van der Waals surface area contributed by atoms with Crippen LogP contribution >= 0.6 is 23.2 Å². The summed E-state index contributed by atoms with van der Waals surface area (Å²) in [4.78, 5) is 11.9. The van der Waals surface area contributed by atoms with Crippen LogP contribution in [-0.4, -0.2) is 27.0 Å². The first-order valence-electron chi connectivity index (χ1n) is 6.91. The quantitative estimate of drug-likeness (QED) is 0.755. The lowest BCUT2D eigenvalue weighted by molar-refractivity contribution is -0.123. The molecule has 1 amide bonds. The molecule has 0 saturated carbocycles. The monoisotopic (exact) mass is 426 g/mol. The van der Waals surface area contributed by atoms with Crippen molar-refractivity contribution in [3.8, 4) is 0 Å². The van der Waals surface area contributed by atoms with Crippen LogP contribution in [-0.2, 0) is 10.0 Å². The number of hydrogen-bond donors (Lipinski definition) is 2. The number of rotatable bonds is 5. The lowest BCUT2D eigenvalue weighted by atomic mass is 10.1. The summed E-state index contributed by atoms with van der Waals surface area (Å²) in [6.45, 7) is -1.57. The molecular weight excluding hydrogens is 416 g/mol. The molecule has 26 heavy (non-hydrogen) atoms. The predicted molar refractivity (Wildman–Crippen MR) is 92.1 cm³/mol. The van der Waals surface area contributed by atoms with Crippen molar-refractivity contribution in [1.82, 2.24) is 5.32 Å². The van der Waals surface area contributed by atoms with E-state index in [0.717, 1.165) is 6.07 Å². The van der Waals surface area contributed by atoms with Crippen molar-refractivity contribution in [2.75, 3.05) is 11.3 Å². The number of benzene rings is 2. The molecule has 0 aromatic heterocycles. The van der Waals surface area contributed by atoms with Crippen molar-refractivity contribution in [1.29, 1.82) is 0 Å². The maximum absolute atomic E-state index is 12.4. The summed E-state index contributed by atoms with van der Waals surface area (Å²) in [5.41, 5.74) is -0.566. The Morgan fingerprint density at radius 3 is 2.15 bits per heavy atom. The third-order valence-corrected chi connectivity index (χ3v) is 4.91. The molecule has 0 heterocycles. The summed E-state index contributed by atoms with van der Waals surface area (Å²) in [7, 11) is -4.10. The Morgan fingerprint density at radius 1 is 1.00 bits per heavy atom. The molecule has 0 radical (unpaired) electrons. The number of carbonyl (C=O) groups excluding carboxylic acids is 1. The summed E-state index contributed by atoms with van der Waals surface area (Å²) in [6.07, 6.45) is -4.61. The van der Waals surface area contributed by atoms with Gasteiger partial charge in [-0.1, -0.05) is 23.2 Å². The summed E-state index contributed by atoms with van der Waals surface area (Å²) in [5, 5.41) is 2.04. The van der Waals surface area contributed by atoms with Crippen molar-refractivity contribution in [2.24, 2.45) is 0 Å². The van der Waals surface area contributed by atoms with Crippen molar-refractivity contribution in [3.63, 3.8) is 0 Å². The number of amides is 1. The van der Waals surface area contributed by atoms with Gasteiger partial charge in [-0.3, -0.25) is 9.52 Å². The molecule has 0 fully saturated rings. The molecule has 2 N–H and O–H groups in total. The number of alkyl halides is 3. The van der Waals surface area contributed by atoms with Crippen molar-refractivity contribution in [3.05, 3.63) is 58.1 Å². The molecule has 11 heteroatoms. The molecule has 2 aromatic carbocycles. The molecule has 2 aromatic rings. The van der Waals surface area contributed by atoms with E-state index >= 15 is 0 Å². The fourth-order valence-corrected chi connectivity index (χ4v) is 3.26. The van der Waals surface area contributed by atoms with Crippen LogP contribution in [0.1, 0.15) is 10.4 Å². The van der Waals surface area contributed by atoms with Gasteiger partial charge in [-0.25, -0.2) is 8.42 Å². The topological polar surface area (TPSA) is 75.3 Å². The Hall–Kier alpha value is -1.97. The Labute approximate surface area is 157 Å². The van der Waals surface area contributed by atoms with Crippen LogP contribution in [0.3, 0.4) is 0 Å². The number of anilines is 1. The highest BCUT2D eigenvalue weighted by molar-refractivity contribution is 7.92. The SMILES string of the molecule is O=C(NCC(F)(F)F)c1cc(Cl)ccc1NS(=O)(=O)c1ccc(Cl)cc1. The van der Waals surface area contributed by atoms with E-state index in [9.17, 15) is 26.4 Å². The summed E-state index contributed by atoms with van der Waals surface area (Å²) < 4.78 is 63.8. The van der Waals surface area contributed by atoms with Gasteiger partial charge in [0.25, 0.3) is 15.9 Å². The second-order valence-electron chi connectivity index (χ2n) is 5.05.